The first-order valence-electron chi connectivity index (χ1n) is 8.14. The molecule has 7 heteroatoms. The SMILES string of the molecule is Cn1ccc2ccc(NC(=O)NC3CCC(S(C)(=O)=O)CC3)cc21. The predicted octanol–water partition coefficient (Wildman–Crippen LogP) is 2.66. The predicted molar refractivity (Wildman–Crippen MR) is 96.0 cm³/mol. The minimum atomic E-state index is -2.98. The van der Waals surface area contributed by atoms with Gasteiger partial charge in [0.15, 0.2) is 0 Å². The number of urea groups is 1. The largest absolute Gasteiger partial charge is 0.350 e. The maximum absolute atomic E-state index is 12.2. The first-order valence-corrected chi connectivity index (χ1v) is 10.1. The number of aryl methyl sites for hydroxylation is 1. The van der Waals surface area contributed by atoms with Crippen LogP contribution >= 0.6 is 0 Å². The van der Waals surface area contributed by atoms with E-state index >= 15 is 0 Å². The third-order valence-electron chi connectivity index (χ3n) is 4.76. The molecule has 0 saturated heterocycles. The molecule has 0 aliphatic heterocycles. The number of nitrogens with zero attached hydrogens (tertiary/aromatic N) is 1. The Bertz CT molecular complexity index is 849. The van der Waals surface area contributed by atoms with Gasteiger partial charge in [-0.05, 0) is 49.3 Å². The molecule has 1 aromatic heterocycles. The maximum atomic E-state index is 12.2. The Labute approximate surface area is 142 Å². The van der Waals surface area contributed by atoms with Crippen molar-refractivity contribution in [3.05, 3.63) is 30.5 Å². The van der Waals surface area contributed by atoms with Crippen molar-refractivity contribution in [1.82, 2.24) is 9.88 Å². The summed E-state index contributed by atoms with van der Waals surface area (Å²) in [5.74, 6) is 0. The van der Waals surface area contributed by atoms with E-state index in [1.54, 1.807) is 0 Å². The number of carbonyl (C=O) groups excluding carboxylic acids is 1. The normalized spacial score (nSPS) is 21.6. The maximum Gasteiger partial charge on any atom is 0.319 e. The first-order chi connectivity index (χ1) is 11.3. The molecule has 0 unspecified atom stereocenters. The van der Waals surface area contributed by atoms with Crippen LogP contribution in [0.15, 0.2) is 30.5 Å². The number of hydrogen-bond donors (Lipinski definition) is 2. The van der Waals surface area contributed by atoms with Gasteiger partial charge in [0.25, 0.3) is 0 Å². The van der Waals surface area contributed by atoms with Crippen LogP contribution in [0.25, 0.3) is 10.9 Å². The van der Waals surface area contributed by atoms with Gasteiger partial charge in [0.2, 0.25) is 0 Å². The second kappa shape index (κ2) is 6.47. The molecule has 2 N–H and O–H groups in total. The number of amides is 2. The molecule has 1 saturated carbocycles. The lowest BCUT2D eigenvalue weighted by Crippen LogP contribution is -2.42. The Morgan fingerprint density at radius 3 is 2.54 bits per heavy atom. The smallest absolute Gasteiger partial charge is 0.319 e. The van der Waals surface area contributed by atoms with Crippen LogP contribution in [0.3, 0.4) is 0 Å². The van der Waals surface area contributed by atoms with Crippen molar-refractivity contribution in [3.63, 3.8) is 0 Å². The van der Waals surface area contributed by atoms with Crippen LogP contribution in [-0.2, 0) is 16.9 Å². The number of aromatic nitrogens is 1. The fourth-order valence-electron chi connectivity index (χ4n) is 3.33. The van der Waals surface area contributed by atoms with Crippen LogP contribution in [0.5, 0.6) is 0 Å². The molecule has 3 rings (SSSR count). The summed E-state index contributed by atoms with van der Waals surface area (Å²) in [5, 5.41) is 6.66. The Balaban J connectivity index is 1.56. The number of nitrogens with one attached hydrogen (secondary N) is 2. The summed E-state index contributed by atoms with van der Waals surface area (Å²) in [6, 6.07) is 7.60. The van der Waals surface area contributed by atoms with E-state index in [2.05, 4.69) is 10.6 Å². The van der Waals surface area contributed by atoms with Gasteiger partial charge < -0.3 is 15.2 Å². The highest BCUT2D eigenvalue weighted by molar-refractivity contribution is 7.91. The van der Waals surface area contributed by atoms with Crippen LogP contribution in [-0.4, -0.2) is 36.6 Å². The molecule has 0 radical (unpaired) electrons. The standard InChI is InChI=1S/C17H23N3O3S/c1-20-10-9-12-3-4-14(11-16(12)20)19-17(21)18-13-5-7-15(8-6-13)24(2,22)23/h3-4,9-11,13,15H,5-8H2,1-2H3,(H2,18,19,21). The topological polar surface area (TPSA) is 80.2 Å². The van der Waals surface area contributed by atoms with Gasteiger partial charge in [-0.15, -0.1) is 0 Å². The van der Waals surface area contributed by atoms with Crippen molar-refractivity contribution in [3.8, 4) is 0 Å². The lowest BCUT2D eigenvalue weighted by molar-refractivity contribution is 0.244. The molecule has 0 bridgehead atoms. The number of fused-ring (bicyclic) bond motifs is 1. The van der Waals surface area contributed by atoms with Gasteiger partial charge in [-0.3, -0.25) is 0 Å². The minimum absolute atomic E-state index is 0.0294. The minimum Gasteiger partial charge on any atom is -0.350 e. The molecule has 2 aromatic rings. The molecule has 24 heavy (non-hydrogen) atoms. The Hall–Kier alpha value is -2.02. The molecule has 1 fully saturated rings. The molecular weight excluding hydrogens is 326 g/mol. The summed E-state index contributed by atoms with van der Waals surface area (Å²) < 4.78 is 25.1. The number of carbonyl (C=O) groups is 1. The highest BCUT2D eigenvalue weighted by Crippen LogP contribution is 2.24. The number of rotatable bonds is 3. The van der Waals surface area contributed by atoms with E-state index in [0.29, 0.717) is 25.7 Å². The van der Waals surface area contributed by atoms with Crippen molar-refractivity contribution < 1.29 is 13.2 Å². The molecule has 0 spiro atoms. The van der Waals surface area contributed by atoms with Crippen LogP contribution in [0.2, 0.25) is 0 Å². The van der Waals surface area contributed by atoms with Gasteiger partial charge in [0.05, 0.1) is 5.25 Å². The van der Waals surface area contributed by atoms with E-state index in [4.69, 9.17) is 0 Å². The summed E-state index contributed by atoms with van der Waals surface area (Å²) in [5.41, 5.74) is 1.80. The highest BCUT2D eigenvalue weighted by atomic mass is 32.2. The third-order valence-corrected chi connectivity index (χ3v) is 6.44. The van der Waals surface area contributed by atoms with Gasteiger partial charge in [-0.2, -0.15) is 0 Å². The summed E-state index contributed by atoms with van der Waals surface area (Å²) >= 11 is 0. The molecule has 1 aliphatic carbocycles. The summed E-state index contributed by atoms with van der Waals surface area (Å²) in [4.78, 5) is 12.2. The van der Waals surface area contributed by atoms with Gasteiger partial charge in [-0.25, -0.2) is 13.2 Å². The molecule has 130 valence electrons. The quantitative estimate of drug-likeness (QED) is 0.894. The van der Waals surface area contributed by atoms with E-state index < -0.39 is 9.84 Å². The second-order valence-electron chi connectivity index (χ2n) is 6.60. The van der Waals surface area contributed by atoms with E-state index in [0.717, 1.165) is 16.6 Å². The number of hydrogen-bond acceptors (Lipinski definition) is 3. The highest BCUT2D eigenvalue weighted by Gasteiger charge is 2.28. The van der Waals surface area contributed by atoms with Crippen molar-refractivity contribution in [2.24, 2.45) is 7.05 Å². The zero-order valence-electron chi connectivity index (χ0n) is 14.0. The molecule has 2 amide bonds. The molecule has 0 atom stereocenters. The lowest BCUT2D eigenvalue weighted by atomic mass is 9.95. The Morgan fingerprint density at radius 2 is 1.88 bits per heavy atom. The fraction of sp³-hybridized carbons (Fsp3) is 0.471. The average Bonchev–Trinajstić information content (AvgIpc) is 2.88. The third kappa shape index (κ3) is 3.72. The molecular formula is C17H23N3O3S. The van der Waals surface area contributed by atoms with E-state index in [9.17, 15) is 13.2 Å². The first kappa shape index (κ1) is 16.8. The summed E-state index contributed by atoms with van der Waals surface area (Å²) in [6.45, 7) is 0. The zero-order chi connectivity index (χ0) is 17.3. The van der Waals surface area contributed by atoms with Crippen LogP contribution in [0.4, 0.5) is 10.5 Å². The summed E-state index contributed by atoms with van der Waals surface area (Å²) in [6.07, 6.45) is 5.88. The molecule has 1 aliphatic rings. The summed E-state index contributed by atoms with van der Waals surface area (Å²) in [7, 11) is -1.01. The molecule has 1 aromatic carbocycles. The van der Waals surface area contributed by atoms with Gasteiger partial charge in [0, 0.05) is 36.7 Å². The van der Waals surface area contributed by atoms with Crippen molar-refractivity contribution in [2.45, 2.75) is 37.0 Å². The fourth-order valence-corrected chi connectivity index (χ4v) is 4.46. The average molecular weight is 349 g/mol. The van der Waals surface area contributed by atoms with E-state index in [1.165, 1.54) is 6.26 Å². The zero-order valence-corrected chi connectivity index (χ0v) is 14.8. The van der Waals surface area contributed by atoms with Crippen LogP contribution < -0.4 is 10.6 Å². The Kier molecular flexibility index (Phi) is 4.54. The van der Waals surface area contributed by atoms with Crippen molar-refractivity contribution in [1.29, 1.82) is 0 Å². The Morgan fingerprint density at radius 1 is 1.17 bits per heavy atom. The van der Waals surface area contributed by atoms with Gasteiger partial charge in [-0.1, -0.05) is 6.07 Å². The number of sulfone groups is 1. The van der Waals surface area contributed by atoms with Gasteiger partial charge >= 0.3 is 6.03 Å². The van der Waals surface area contributed by atoms with Crippen LogP contribution in [0, 0.1) is 0 Å². The van der Waals surface area contributed by atoms with Gasteiger partial charge in [0.1, 0.15) is 9.84 Å². The van der Waals surface area contributed by atoms with E-state index in [-0.39, 0.29) is 17.3 Å². The van der Waals surface area contributed by atoms with E-state index in [1.807, 2.05) is 42.1 Å². The lowest BCUT2D eigenvalue weighted by Gasteiger charge is -2.28. The number of benzene rings is 1. The molecule has 6 nitrogen and oxygen atoms in total. The van der Waals surface area contributed by atoms with Crippen molar-refractivity contribution >= 4 is 32.5 Å². The second-order valence-corrected chi connectivity index (χ2v) is 8.93. The number of anilines is 1. The molecule has 1 heterocycles. The monoisotopic (exact) mass is 349 g/mol. The van der Waals surface area contributed by atoms with Crippen LogP contribution in [0.1, 0.15) is 25.7 Å². The van der Waals surface area contributed by atoms with Crippen molar-refractivity contribution in [2.75, 3.05) is 11.6 Å².